The van der Waals surface area contributed by atoms with Gasteiger partial charge in [0.1, 0.15) is 5.82 Å². The maximum atomic E-state index is 12.3. The van der Waals surface area contributed by atoms with Gasteiger partial charge in [0, 0.05) is 25.6 Å². The van der Waals surface area contributed by atoms with E-state index in [4.69, 9.17) is 0 Å². The summed E-state index contributed by atoms with van der Waals surface area (Å²) in [6, 6.07) is 0.0553. The largest absolute Gasteiger partial charge is 0.385 e. The Balaban J connectivity index is 2.92. The van der Waals surface area contributed by atoms with Crippen LogP contribution in [-0.4, -0.2) is 54.5 Å². The molecule has 0 spiro atoms. The monoisotopic (exact) mass is 279 g/mol. The predicted octanol–water partition coefficient (Wildman–Crippen LogP) is 1.32. The molecule has 0 aliphatic heterocycles. The number of hydrogen-bond acceptors (Lipinski definition) is 5. The number of rotatable bonds is 6. The highest BCUT2D eigenvalue weighted by atomic mass is 16.2. The Hall–Kier alpha value is -1.69. The lowest BCUT2D eigenvalue weighted by Gasteiger charge is -2.19. The minimum atomic E-state index is -0.173. The Labute approximate surface area is 121 Å². The van der Waals surface area contributed by atoms with Gasteiger partial charge in [-0.3, -0.25) is 4.79 Å². The van der Waals surface area contributed by atoms with Crippen molar-refractivity contribution < 1.29 is 4.79 Å². The number of nitrogens with zero attached hydrogens (tertiary/aromatic N) is 3. The average molecular weight is 279 g/mol. The molecule has 1 aromatic rings. The van der Waals surface area contributed by atoms with E-state index in [2.05, 4.69) is 20.6 Å². The SMILES string of the molecule is CNc1cnc(C(C)C)nc1C(=O)NC(C)CN(C)C. The van der Waals surface area contributed by atoms with Gasteiger partial charge in [-0.05, 0) is 21.0 Å². The molecule has 1 rings (SSSR count). The van der Waals surface area contributed by atoms with Crippen LogP contribution in [0.15, 0.2) is 6.20 Å². The van der Waals surface area contributed by atoms with Crippen molar-refractivity contribution in [1.29, 1.82) is 0 Å². The normalized spacial score (nSPS) is 12.6. The molecule has 6 heteroatoms. The van der Waals surface area contributed by atoms with Gasteiger partial charge in [0.15, 0.2) is 5.69 Å². The molecule has 0 saturated carbocycles. The number of anilines is 1. The van der Waals surface area contributed by atoms with Crippen LogP contribution in [0.2, 0.25) is 0 Å². The molecule has 0 radical (unpaired) electrons. The highest BCUT2D eigenvalue weighted by Gasteiger charge is 2.17. The number of carbonyl (C=O) groups excluding carboxylic acids is 1. The molecule has 1 aromatic heterocycles. The summed E-state index contributed by atoms with van der Waals surface area (Å²) in [6.45, 7) is 6.76. The summed E-state index contributed by atoms with van der Waals surface area (Å²) in [6.07, 6.45) is 1.66. The molecule has 0 bridgehead atoms. The van der Waals surface area contributed by atoms with E-state index in [1.54, 1.807) is 13.2 Å². The van der Waals surface area contributed by atoms with E-state index in [-0.39, 0.29) is 17.9 Å². The fourth-order valence-corrected chi connectivity index (χ4v) is 1.92. The zero-order valence-electron chi connectivity index (χ0n) is 13.2. The summed E-state index contributed by atoms with van der Waals surface area (Å²) >= 11 is 0. The molecule has 0 aliphatic rings. The number of aromatic nitrogens is 2. The van der Waals surface area contributed by atoms with Crippen LogP contribution in [0.25, 0.3) is 0 Å². The van der Waals surface area contributed by atoms with Gasteiger partial charge in [-0.1, -0.05) is 13.8 Å². The van der Waals surface area contributed by atoms with E-state index in [9.17, 15) is 4.79 Å². The third-order valence-corrected chi connectivity index (χ3v) is 2.82. The van der Waals surface area contributed by atoms with Crippen LogP contribution in [0.1, 0.15) is 43.0 Å². The lowest BCUT2D eigenvalue weighted by molar-refractivity contribution is 0.0929. The minimum absolute atomic E-state index is 0.0553. The standard InChI is InChI=1S/C14H25N5O/c1-9(2)13-16-7-11(15-4)12(18-13)14(20)17-10(3)8-19(5)6/h7,9-10,15H,8H2,1-6H3,(H,17,20). The van der Waals surface area contributed by atoms with Gasteiger partial charge < -0.3 is 15.5 Å². The number of hydrogen-bond donors (Lipinski definition) is 2. The zero-order chi connectivity index (χ0) is 15.3. The number of likely N-dealkylation sites (N-methyl/N-ethyl adjacent to an activating group) is 1. The third-order valence-electron chi connectivity index (χ3n) is 2.82. The van der Waals surface area contributed by atoms with Gasteiger partial charge >= 0.3 is 0 Å². The summed E-state index contributed by atoms with van der Waals surface area (Å²) < 4.78 is 0. The molecule has 20 heavy (non-hydrogen) atoms. The Bertz CT molecular complexity index is 459. The van der Waals surface area contributed by atoms with Crippen LogP contribution in [0, 0.1) is 0 Å². The molecule has 6 nitrogen and oxygen atoms in total. The van der Waals surface area contributed by atoms with Crippen molar-refractivity contribution >= 4 is 11.6 Å². The Kier molecular flexibility index (Phi) is 5.88. The first-order chi connectivity index (χ1) is 9.35. The number of carbonyl (C=O) groups is 1. The van der Waals surface area contributed by atoms with Gasteiger partial charge in [0.25, 0.3) is 5.91 Å². The van der Waals surface area contributed by atoms with Crippen molar-refractivity contribution in [2.24, 2.45) is 0 Å². The molecular formula is C14H25N5O. The maximum Gasteiger partial charge on any atom is 0.272 e. The quantitative estimate of drug-likeness (QED) is 0.822. The Morgan fingerprint density at radius 3 is 2.50 bits per heavy atom. The van der Waals surface area contributed by atoms with Crippen molar-refractivity contribution in [2.75, 3.05) is 33.0 Å². The van der Waals surface area contributed by atoms with Crippen LogP contribution in [-0.2, 0) is 0 Å². The number of nitrogens with one attached hydrogen (secondary N) is 2. The van der Waals surface area contributed by atoms with E-state index in [0.29, 0.717) is 17.2 Å². The molecule has 0 fully saturated rings. The lowest BCUT2D eigenvalue weighted by atomic mass is 10.2. The summed E-state index contributed by atoms with van der Waals surface area (Å²) in [5, 5.41) is 5.92. The third kappa shape index (κ3) is 4.45. The van der Waals surface area contributed by atoms with Crippen LogP contribution >= 0.6 is 0 Å². The van der Waals surface area contributed by atoms with Crippen LogP contribution in [0.5, 0.6) is 0 Å². The molecule has 0 aromatic carbocycles. The maximum absolute atomic E-state index is 12.3. The smallest absolute Gasteiger partial charge is 0.272 e. The topological polar surface area (TPSA) is 70.1 Å². The fourth-order valence-electron chi connectivity index (χ4n) is 1.92. The zero-order valence-corrected chi connectivity index (χ0v) is 13.2. The lowest BCUT2D eigenvalue weighted by Crippen LogP contribution is -2.40. The summed E-state index contributed by atoms with van der Waals surface area (Å²) in [5.74, 6) is 0.689. The summed E-state index contributed by atoms with van der Waals surface area (Å²) in [5.41, 5.74) is 1.04. The Morgan fingerprint density at radius 2 is 2.00 bits per heavy atom. The van der Waals surface area contributed by atoms with E-state index < -0.39 is 0 Å². The minimum Gasteiger partial charge on any atom is -0.385 e. The first-order valence-electron chi connectivity index (χ1n) is 6.85. The molecule has 0 saturated heterocycles. The van der Waals surface area contributed by atoms with Gasteiger partial charge in [-0.15, -0.1) is 0 Å². The Morgan fingerprint density at radius 1 is 1.35 bits per heavy atom. The first kappa shape index (κ1) is 16.4. The van der Waals surface area contributed by atoms with Crippen molar-refractivity contribution in [2.45, 2.75) is 32.7 Å². The average Bonchev–Trinajstić information content (AvgIpc) is 2.36. The first-order valence-corrected chi connectivity index (χ1v) is 6.85. The molecule has 1 amide bonds. The van der Waals surface area contributed by atoms with Crippen LogP contribution < -0.4 is 10.6 Å². The molecule has 1 heterocycles. The molecule has 2 N–H and O–H groups in total. The molecule has 1 atom stereocenters. The van der Waals surface area contributed by atoms with Crippen LogP contribution in [0.4, 0.5) is 5.69 Å². The van der Waals surface area contributed by atoms with Gasteiger partial charge in [-0.25, -0.2) is 9.97 Å². The molecular weight excluding hydrogens is 254 g/mol. The second-order valence-corrected chi connectivity index (χ2v) is 5.53. The van der Waals surface area contributed by atoms with E-state index in [1.165, 1.54) is 0 Å². The highest BCUT2D eigenvalue weighted by Crippen LogP contribution is 2.15. The fraction of sp³-hybridized carbons (Fsp3) is 0.643. The van der Waals surface area contributed by atoms with Gasteiger partial charge in [0.2, 0.25) is 0 Å². The highest BCUT2D eigenvalue weighted by molar-refractivity contribution is 5.97. The summed E-state index contributed by atoms with van der Waals surface area (Å²) in [7, 11) is 5.71. The molecule has 112 valence electrons. The van der Waals surface area contributed by atoms with Gasteiger partial charge in [-0.2, -0.15) is 0 Å². The van der Waals surface area contributed by atoms with Gasteiger partial charge in [0.05, 0.1) is 11.9 Å². The second kappa shape index (κ2) is 7.19. The number of amides is 1. The van der Waals surface area contributed by atoms with Crippen molar-refractivity contribution in [3.63, 3.8) is 0 Å². The van der Waals surface area contributed by atoms with E-state index >= 15 is 0 Å². The van der Waals surface area contributed by atoms with E-state index in [1.807, 2.05) is 39.8 Å². The van der Waals surface area contributed by atoms with Crippen LogP contribution in [0.3, 0.4) is 0 Å². The predicted molar refractivity (Wildman–Crippen MR) is 81.1 cm³/mol. The molecule has 0 aliphatic carbocycles. The summed E-state index contributed by atoms with van der Waals surface area (Å²) in [4.78, 5) is 23.0. The van der Waals surface area contributed by atoms with Crippen molar-refractivity contribution in [1.82, 2.24) is 20.2 Å². The molecule has 1 unspecified atom stereocenters. The second-order valence-electron chi connectivity index (χ2n) is 5.53. The van der Waals surface area contributed by atoms with Crippen molar-refractivity contribution in [3.8, 4) is 0 Å². The van der Waals surface area contributed by atoms with E-state index in [0.717, 1.165) is 6.54 Å². The van der Waals surface area contributed by atoms with Crippen molar-refractivity contribution in [3.05, 3.63) is 17.7 Å².